The van der Waals surface area contributed by atoms with Gasteiger partial charge in [0.05, 0.1) is 32.0 Å². The molecule has 2 fully saturated rings. The minimum atomic E-state index is -1.78. The molecule has 12 atom stereocenters. The van der Waals surface area contributed by atoms with Crippen molar-refractivity contribution in [3.8, 4) is 0 Å². The van der Waals surface area contributed by atoms with Gasteiger partial charge in [-0.2, -0.15) is 0 Å². The topological polar surface area (TPSA) is 228 Å². The third-order valence-corrected chi connectivity index (χ3v) is 13.0. The van der Waals surface area contributed by atoms with E-state index in [9.17, 15) is 45.6 Å². The summed E-state index contributed by atoms with van der Waals surface area (Å²) >= 11 is 0. The number of ether oxygens (including phenoxy) is 4. The molecule has 0 aromatic rings. The number of aliphatic hydroxyl groups is 8. The highest BCUT2D eigenvalue weighted by Gasteiger charge is 2.51. The normalized spacial score (nSPS) is 27.3. The van der Waals surface area contributed by atoms with Crippen LogP contribution in [0.25, 0.3) is 0 Å². The van der Waals surface area contributed by atoms with Crippen LogP contribution >= 0.6 is 0 Å². The van der Waals surface area contributed by atoms with Gasteiger partial charge in [-0.15, -0.1) is 0 Å². The summed E-state index contributed by atoms with van der Waals surface area (Å²) in [5.74, 6) is -0.242. The quantitative estimate of drug-likeness (QED) is 0.0229. The van der Waals surface area contributed by atoms with Crippen molar-refractivity contribution >= 4 is 5.91 Å². The van der Waals surface area contributed by atoms with Gasteiger partial charge < -0.3 is 65.1 Å². The Morgan fingerprint density at radius 2 is 0.969 bits per heavy atom. The fourth-order valence-electron chi connectivity index (χ4n) is 8.70. The number of carbonyl (C=O) groups is 1. The van der Waals surface area contributed by atoms with Gasteiger partial charge in [-0.25, -0.2) is 0 Å². The van der Waals surface area contributed by atoms with E-state index >= 15 is 0 Å². The standard InChI is InChI=1S/C50H95NO13/c1-3-5-7-9-11-13-14-15-16-17-18-19-20-21-22-23-24-26-27-29-31-33-39(54)38(51-42(55)34-32-30-28-25-12-10-8-6-4-2)37-61-49-47(60)45(58)48(41(36-53)63-49)64-50-46(59)44(57)43(56)40(35-52)62-50/h31,33,38-41,43-50,52-54,56-60H,3-30,32,34-37H2,1-2H3,(H,51,55)/b33-31+. The maximum absolute atomic E-state index is 13.1. The van der Waals surface area contributed by atoms with Crippen molar-refractivity contribution in [2.45, 2.75) is 280 Å². The first kappa shape index (κ1) is 58.9. The monoisotopic (exact) mass is 918 g/mol. The Balaban J connectivity index is 1.79. The molecule has 0 aliphatic carbocycles. The number of nitrogens with one attached hydrogen (secondary N) is 1. The zero-order valence-electron chi connectivity index (χ0n) is 40.0. The number of hydrogen-bond donors (Lipinski definition) is 9. The lowest BCUT2D eigenvalue weighted by Gasteiger charge is -2.46. The molecular formula is C50H95NO13. The fourth-order valence-corrected chi connectivity index (χ4v) is 8.70. The minimum absolute atomic E-state index is 0.242. The number of amides is 1. The van der Waals surface area contributed by atoms with Crippen molar-refractivity contribution in [3.05, 3.63) is 12.2 Å². The molecular weight excluding hydrogens is 823 g/mol. The van der Waals surface area contributed by atoms with Gasteiger partial charge in [-0.3, -0.25) is 4.79 Å². The van der Waals surface area contributed by atoms with Gasteiger partial charge in [0.1, 0.15) is 48.8 Å². The average Bonchev–Trinajstić information content (AvgIpc) is 3.29. The number of unbranched alkanes of at least 4 members (excludes halogenated alkanes) is 27. The van der Waals surface area contributed by atoms with Crippen LogP contribution in [0.3, 0.4) is 0 Å². The van der Waals surface area contributed by atoms with Crippen LogP contribution in [0.5, 0.6) is 0 Å². The van der Waals surface area contributed by atoms with Crippen LogP contribution in [0.1, 0.15) is 206 Å². The highest BCUT2D eigenvalue weighted by molar-refractivity contribution is 5.76. The highest BCUT2D eigenvalue weighted by Crippen LogP contribution is 2.30. The van der Waals surface area contributed by atoms with E-state index < -0.39 is 86.8 Å². The summed E-state index contributed by atoms with van der Waals surface area (Å²) in [7, 11) is 0. The molecule has 64 heavy (non-hydrogen) atoms. The lowest BCUT2D eigenvalue weighted by Crippen LogP contribution is -2.65. The molecule has 1 amide bonds. The molecule has 0 aromatic heterocycles. The summed E-state index contributed by atoms with van der Waals surface area (Å²) in [5, 5.41) is 86.6. The van der Waals surface area contributed by atoms with Crippen molar-refractivity contribution < 1.29 is 64.6 Å². The van der Waals surface area contributed by atoms with E-state index in [0.29, 0.717) is 6.42 Å². The van der Waals surface area contributed by atoms with Crippen molar-refractivity contribution in [1.29, 1.82) is 0 Å². The molecule has 2 aliphatic heterocycles. The van der Waals surface area contributed by atoms with Crippen LogP contribution in [0.15, 0.2) is 12.2 Å². The summed E-state index contributed by atoms with van der Waals surface area (Å²) in [6.07, 6.45) is 22.7. The van der Waals surface area contributed by atoms with Gasteiger partial charge >= 0.3 is 0 Å². The van der Waals surface area contributed by atoms with Crippen LogP contribution in [0, 0.1) is 0 Å². The third kappa shape index (κ3) is 24.7. The van der Waals surface area contributed by atoms with E-state index in [1.54, 1.807) is 6.08 Å². The Kier molecular flexibility index (Phi) is 34.7. The smallest absolute Gasteiger partial charge is 0.220 e. The molecule has 2 heterocycles. The predicted molar refractivity (Wildman–Crippen MR) is 249 cm³/mol. The molecule has 14 nitrogen and oxygen atoms in total. The average molecular weight is 918 g/mol. The molecule has 12 unspecified atom stereocenters. The fraction of sp³-hybridized carbons (Fsp3) is 0.940. The lowest BCUT2D eigenvalue weighted by atomic mass is 9.97. The van der Waals surface area contributed by atoms with Gasteiger partial charge in [0.15, 0.2) is 12.6 Å². The van der Waals surface area contributed by atoms with Gasteiger partial charge in [-0.1, -0.05) is 193 Å². The molecule has 0 radical (unpaired) electrons. The maximum Gasteiger partial charge on any atom is 0.220 e. The van der Waals surface area contributed by atoms with E-state index in [1.807, 2.05) is 6.08 Å². The number of allylic oxidation sites excluding steroid dienone is 1. The van der Waals surface area contributed by atoms with Crippen LogP contribution in [0.4, 0.5) is 0 Å². The second-order valence-electron chi connectivity index (χ2n) is 18.7. The number of rotatable bonds is 40. The Bertz CT molecular complexity index is 1130. The summed E-state index contributed by atoms with van der Waals surface area (Å²) in [6, 6.07) is -0.906. The molecule has 0 bridgehead atoms. The molecule has 2 saturated heterocycles. The van der Waals surface area contributed by atoms with E-state index in [1.165, 1.54) is 141 Å². The summed E-state index contributed by atoms with van der Waals surface area (Å²) in [4.78, 5) is 13.1. The van der Waals surface area contributed by atoms with Gasteiger partial charge in [0, 0.05) is 6.42 Å². The molecule has 0 saturated carbocycles. The van der Waals surface area contributed by atoms with Crippen LogP contribution in [-0.4, -0.2) is 140 Å². The van der Waals surface area contributed by atoms with Gasteiger partial charge in [0.25, 0.3) is 0 Å². The largest absolute Gasteiger partial charge is 0.394 e. The highest BCUT2D eigenvalue weighted by atomic mass is 16.7. The van der Waals surface area contributed by atoms with E-state index in [2.05, 4.69) is 19.2 Å². The second-order valence-corrected chi connectivity index (χ2v) is 18.7. The van der Waals surface area contributed by atoms with Crippen molar-refractivity contribution in [2.75, 3.05) is 19.8 Å². The summed E-state index contributed by atoms with van der Waals surface area (Å²) in [6.45, 7) is 2.77. The van der Waals surface area contributed by atoms with E-state index in [4.69, 9.17) is 18.9 Å². The predicted octanol–water partition coefficient (Wildman–Crippen LogP) is 6.77. The Labute approximate surface area is 386 Å². The first-order valence-corrected chi connectivity index (χ1v) is 25.9. The SMILES string of the molecule is CCCCCCCCCCCCCCCCCCCCC/C=C/C(O)C(COC1OC(CO)C(OC2OC(CO)C(O)C(O)C2O)C(O)C1O)NC(=O)CCCCCCCCCCC. The maximum atomic E-state index is 13.1. The zero-order chi connectivity index (χ0) is 46.8. The van der Waals surface area contributed by atoms with Crippen molar-refractivity contribution in [3.63, 3.8) is 0 Å². The third-order valence-electron chi connectivity index (χ3n) is 13.0. The van der Waals surface area contributed by atoms with E-state index in [0.717, 1.165) is 38.5 Å². The lowest BCUT2D eigenvalue weighted by molar-refractivity contribution is -0.359. The van der Waals surface area contributed by atoms with Crippen molar-refractivity contribution in [2.24, 2.45) is 0 Å². The van der Waals surface area contributed by atoms with Gasteiger partial charge in [-0.05, 0) is 19.3 Å². The molecule has 0 spiro atoms. The van der Waals surface area contributed by atoms with Crippen LogP contribution < -0.4 is 5.32 Å². The zero-order valence-corrected chi connectivity index (χ0v) is 40.0. The molecule has 14 heteroatoms. The summed E-state index contributed by atoms with van der Waals surface area (Å²) in [5.41, 5.74) is 0. The molecule has 2 aliphatic rings. The number of hydrogen-bond acceptors (Lipinski definition) is 13. The number of carbonyl (C=O) groups excluding carboxylic acids is 1. The first-order chi connectivity index (χ1) is 31.1. The molecule has 0 aromatic carbocycles. The van der Waals surface area contributed by atoms with E-state index in [-0.39, 0.29) is 18.9 Å². The molecule has 378 valence electrons. The second kappa shape index (κ2) is 37.7. The Morgan fingerprint density at radius 3 is 1.44 bits per heavy atom. The van der Waals surface area contributed by atoms with Crippen molar-refractivity contribution in [1.82, 2.24) is 5.32 Å². The van der Waals surface area contributed by atoms with Gasteiger partial charge in [0.2, 0.25) is 5.91 Å². The minimum Gasteiger partial charge on any atom is -0.394 e. The van der Waals surface area contributed by atoms with Crippen LogP contribution in [-0.2, 0) is 23.7 Å². The Morgan fingerprint density at radius 1 is 0.547 bits per heavy atom. The number of aliphatic hydroxyl groups excluding tert-OH is 8. The molecule has 2 rings (SSSR count). The van der Waals surface area contributed by atoms with Crippen LogP contribution in [0.2, 0.25) is 0 Å². The first-order valence-electron chi connectivity index (χ1n) is 25.9. The molecule has 9 N–H and O–H groups in total. The Hall–Kier alpha value is -1.27. The summed E-state index contributed by atoms with van der Waals surface area (Å²) < 4.78 is 22.7.